The number of rotatable bonds is 3. The van der Waals surface area contributed by atoms with Gasteiger partial charge in [-0.2, -0.15) is 5.26 Å². The number of benzene rings is 3. The van der Waals surface area contributed by atoms with E-state index in [-0.39, 0.29) is 0 Å². The molecule has 3 aromatic carbocycles. The minimum absolute atomic E-state index is 0.667. The molecule has 0 radical (unpaired) electrons. The standard InChI is InChI=1S/C23H16N2/c24-15-18-11-12-23-21(14-18)22(16-25-23)20(19-9-5-2-6-10-19)13-17-7-3-1-4-8-17/h1-14,16,25H/b20-13+. The summed E-state index contributed by atoms with van der Waals surface area (Å²) in [6, 6.07) is 28.6. The molecule has 0 saturated heterocycles. The maximum absolute atomic E-state index is 9.24. The summed E-state index contributed by atoms with van der Waals surface area (Å²) < 4.78 is 0. The van der Waals surface area contributed by atoms with Gasteiger partial charge in [-0.3, -0.25) is 0 Å². The number of aromatic nitrogens is 1. The molecule has 4 rings (SSSR count). The first kappa shape index (κ1) is 15.0. The van der Waals surface area contributed by atoms with Gasteiger partial charge in [0.25, 0.3) is 0 Å². The molecular weight excluding hydrogens is 304 g/mol. The van der Waals surface area contributed by atoms with Gasteiger partial charge in [0.15, 0.2) is 0 Å². The second-order valence-electron chi connectivity index (χ2n) is 5.91. The third kappa shape index (κ3) is 2.96. The molecule has 0 bridgehead atoms. The Balaban J connectivity index is 1.96. The van der Waals surface area contributed by atoms with Crippen LogP contribution in [0.25, 0.3) is 22.6 Å². The van der Waals surface area contributed by atoms with Gasteiger partial charge in [0.1, 0.15) is 0 Å². The lowest BCUT2D eigenvalue weighted by molar-refractivity contribution is 1.45. The van der Waals surface area contributed by atoms with E-state index in [1.165, 1.54) is 0 Å². The van der Waals surface area contributed by atoms with Gasteiger partial charge in [-0.15, -0.1) is 0 Å². The Morgan fingerprint density at radius 3 is 2.32 bits per heavy atom. The molecule has 25 heavy (non-hydrogen) atoms. The van der Waals surface area contributed by atoms with E-state index in [4.69, 9.17) is 0 Å². The van der Waals surface area contributed by atoms with Gasteiger partial charge in [0.05, 0.1) is 11.6 Å². The zero-order valence-electron chi connectivity index (χ0n) is 13.6. The van der Waals surface area contributed by atoms with E-state index in [0.29, 0.717) is 5.56 Å². The number of nitrogens with one attached hydrogen (secondary N) is 1. The maximum Gasteiger partial charge on any atom is 0.0991 e. The van der Waals surface area contributed by atoms with Crippen molar-refractivity contribution in [2.45, 2.75) is 0 Å². The van der Waals surface area contributed by atoms with Gasteiger partial charge in [0.2, 0.25) is 0 Å². The molecule has 0 spiro atoms. The Kier molecular flexibility index (Phi) is 3.90. The molecule has 0 atom stereocenters. The minimum Gasteiger partial charge on any atom is -0.361 e. The molecule has 0 aliphatic heterocycles. The lowest BCUT2D eigenvalue weighted by Crippen LogP contribution is -1.87. The number of hydrogen-bond donors (Lipinski definition) is 1. The number of nitriles is 1. The van der Waals surface area contributed by atoms with Crippen molar-refractivity contribution >= 4 is 22.6 Å². The largest absolute Gasteiger partial charge is 0.361 e. The predicted octanol–water partition coefficient (Wildman–Crippen LogP) is 5.63. The van der Waals surface area contributed by atoms with Crippen molar-refractivity contribution in [3.63, 3.8) is 0 Å². The molecule has 0 fully saturated rings. The van der Waals surface area contributed by atoms with Gasteiger partial charge >= 0.3 is 0 Å². The van der Waals surface area contributed by atoms with Crippen LogP contribution in [0.3, 0.4) is 0 Å². The molecule has 1 N–H and O–H groups in total. The van der Waals surface area contributed by atoms with Crippen molar-refractivity contribution in [3.8, 4) is 6.07 Å². The summed E-state index contributed by atoms with van der Waals surface area (Å²) in [5.74, 6) is 0. The van der Waals surface area contributed by atoms with E-state index in [1.807, 2.05) is 60.8 Å². The molecule has 4 aromatic rings. The van der Waals surface area contributed by atoms with Gasteiger partial charge in [0, 0.05) is 22.7 Å². The fraction of sp³-hybridized carbons (Fsp3) is 0. The van der Waals surface area contributed by atoms with Crippen LogP contribution < -0.4 is 0 Å². The van der Waals surface area contributed by atoms with E-state index < -0.39 is 0 Å². The van der Waals surface area contributed by atoms with Crippen LogP contribution in [0.4, 0.5) is 0 Å². The average Bonchev–Trinajstić information content (AvgIpc) is 3.10. The Morgan fingerprint density at radius 1 is 0.880 bits per heavy atom. The highest BCUT2D eigenvalue weighted by atomic mass is 14.7. The third-order valence-electron chi connectivity index (χ3n) is 4.30. The maximum atomic E-state index is 9.24. The van der Waals surface area contributed by atoms with Crippen LogP contribution in [-0.2, 0) is 0 Å². The van der Waals surface area contributed by atoms with Crippen molar-refractivity contribution in [2.75, 3.05) is 0 Å². The molecule has 2 nitrogen and oxygen atoms in total. The highest BCUT2D eigenvalue weighted by molar-refractivity contribution is 6.02. The first-order valence-electron chi connectivity index (χ1n) is 8.19. The average molecular weight is 320 g/mol. The zero-order chi connectivity index (χ0) is 17.1. The van der Waals surface area contributed by atoms with Crippen molar-refractivity contribution in [2.24, 2.45) is 0 Å². The predicted molar refractivity (Wildman–Crippen MR) is 103 cm³/mol. The van der Waals surface area contributed by atoms with Crippen molar-refractivity contribution < 1.29 is 0 Å². The number of fused-ring (bicyclic) bond motifs is 1. The minimum atomic E-state index is 0.667. The summed E-state index contributed by atoms with van der Waals surface area (Å²) in [5.41, 5.74) is 6.22. The van der Waals surface area contributed by atoms with Crippen molar-refractivity contribution in [1.29, 1.82) is 5.26 Å². The Labute approximate surface area is 146 Å². The number of nitrogens with zero attached hydrogens (tertiary/aromatic N) is 1. The zero-order valence-corrected chi connectivity index (χ0v) is 13.6. The summed E-state index contributed by atoms with van der Waals surface area (Å²) in [7, 11) is 0. The van der Waals surface area contributed by atoms with E-state index in [0.717, 1.165) is 33.2 Å². The first-order chi connectivity index (χ1) is 12.3. The summed E-state index contributed by atoms with van der Waals surface area (Å²) in [5, 5.41) is 10.3. The van der Waals surface area contributed by atoms with Crippen LogP contribution in [0.1, 0.15) is 22.3 Å². The summed E-state index contributed by atoms with van der Waals surface area (Å²) in [4.78, 5) is 3.33. The lowest BCUT2D eigenvalue weighted by Gasteiger charge is -2.08. The third-order valence-corrected chi connectivity index (χ3v) is 4.30. The van der Waals surface area contributed by atoms with E-state index in [1.54, 1.807) is 0 Å². The molecule has 1 aromatic heterocycles. The second-order valence-corrected chi connectivity index (χ2v) is 5.91. The van der Waals surface area contributed by atoms with Crippen molar-refractivity contribution in [3.05, 3.63) is 107 Å². The molecule has 0 aliphatic rings. The number of aromatic amines is 1. The quantitative estimate of drug-likeness (QED) is 0.488. The molecule has 0 unspecified atom stereocenters. The first-order valence-corrected chi connectivity index (χ1v) is 8.19. The lowest BCUT2D eigenvalue weighted by atomic mass is 9.95. The van der Waals surface area contributed by atoms with E-state index in [2.05, 4.69) is 41.4 Å². The molecule has 0 saturated carbocycles. The normalized spacial score (nSPS) is 11.4. The van der Waals surface area contributed by atoms with Gasteiger partial charge in [-0.05, 0) is 41.0 Å². The molecule has 0 aliphatic carbocycles. The van der Waals surface area contributed by atoms with Gasteiger partial charge in [-0.25, -0.2) is 0 Å². The van der Waals surface area contributed by atoms with Crippen molar-refractivity contribution in [1.82, 2.24) is 4.98 Å². The van der Waals surface area contributed by atoms with E-state index in [9.17, 15) is 5.26 Å². The van der Waals surface area contributed by atoms with Crippen LogP contribution >= 0.6 is 0 Å². The van der Waals surface area contributed by atoms with Gasteiger partial charge in [-0.1, -0.05) is 60.7 Å². The number of hydrogen-bond acceptors (Lipinski definition) is 1. The molecule has 0 amide bonds. The summed E-state index contributed by atoms with van der Waals surface area (Å²) in [6.45, 7) is 0. The highest BCUT2D eigenvalue weighted by Gasteiger charge is 2.11. The topological polar surface area (TPSA) is 39.6 Å². The highest BCUT2D eigenvalue weighted by Crippen LogP contribution is 2.32. The SMILES string of the molecule is N#Cc1ccc2[nH]cc(/C(=C/c3ccccc3)c3ccccc3)c2c1. The van der Waals surface area contributed by atoms with Crippen LogP contribution in [-0.4, -0.2) is 4.98 Å². The van der Waals surface area contributed by atoms with Crippen LogP contribution in [0.5, 0.6) is 0 Å². The Morgan fingerprint density at radius 2 is 1.60 bits per heavy atom. The van der Waals surface area contributed by atoms with Crippen LogP contribution in [0.2, 0.25) is 0 Å². The van der Waals surface area contributed by atoms with E-state index >= 15 is 0 Å². The molecule has 2 heteroatoms. The molecular formula is C23H16N2. The summed E-state index contributed by atoms with van der Waals surface area (Å²) >= 11 is 0. The fourth-order valence-corrected chi connectivity index (χ4v) is 3.06. The molecule has 1 heterocycles. The second kappa shape index (κ2) is 6.51. The monoisotopic (exact) mass is 320 g/mol. The Hall–Kier alpha value is -3.57. The fourth-order valence-electron chi connectivity index (χ4n) is 3.06. The number of H-pyrrole nitrogens is 1. The van der Waals surface area contributed by atoms with Crippen LogP contribution in [0.15, 0.2) is 85.1 Å². The summed E-state index contributed by atoms with van der Waals surface area (Å²) in [6.07, 6.45) is 4.21. The Bertz CT molecular complexity index is 1080. The van der Waals surface area contributed by atoms with Gasteiger partial charge < -0.3 is 4.98 Å². The molecule has 118 valence electrons. The smallest absolute Gasteiger partial charge is 0.0991 e. The van der Waals surface area contributed by atoms with Crippen LogP contribution in [0, 0.1) is 11.3 Å².